The molecule has 1 saturated carbocycles. The molecule has 0 aromatic heterocycles. The zero-order chi connectivity index (χ0) is 13.0. The van der Waals surface area contributed by atoms with Crippen molar-refractivity contribution >= 4 is 17.5 Å². The van der Waals surface area contributed by atoms with Crippen molar-refractivity contribution in [2.24, 2.45) is 5.92 Å². The van der Waals surface area contributed by atoms with Crippen molar-refractivity contribution in [2.45, 2.75) is 19.3 Å². The Kier molecular flexibility index (Phi) is 4.22. The molecule has 0 N–H and O–H groups in total. The number of halogens is 1. The van der Waals surface area contributed by atoms with Crippen LogP contribution in [0, 0.1) is 17.2 Å². The lowest BCUT2D eigenvalue weighted by Gasteiger charge is -2.22. The van der Waals surface area contributed by atoms with Crippen molar-refractivity contribution in [3.8, 4) is 6.07 Å². The second-order valence-electron chi connectivity index (χ2n) is 4.58. The maximum absolute atomic E-state index is 12.4. The topological polar surface area (TPSA) is 44.1 Å². The highest BCUT2D eigenvalue weighted by atomic mass is 35.5. The van der Waals surface area contributed by atoms with Crippen LogP contribution in [-0.2, 0) is 0 Å². The Balaban J connectivity index is 2.11. The lowest BCUT2D eigenvalue weighted by Crippen LogP contribution is -2.33. The molecule has 1 aromatic carbocycles. The smallest absolute Gasteiger partial charge is 0.255 e. The van der Waals surface area contributed by atoms with Crippen LogP contribution in [0.15, 0.2) is 24.3 Å². The summed E-state index contributed by atoms with van der Waals surface area (Å²) >= 11 is 6.04. The molecule has 0 unspecified atom stereocenters. The number of nitrogens with zero attached hydrogens (tertiary/aromatic N) is 2. The van der Waals surface area contributed by atoms with Gasteiger partial charge in [0.05, 0.1) is 23.1 Å². The molecule has 1 aromatic rings. The van der Waals surface area contributed by atoms with E-state index in [4.69, 9.17) is 16.9 Å². The fraction of sp³-hybridized carbons (Fsp3) is 0.429. The molecule has 2 rings (SSSR count). The van der Waals surface area contributed by atoms with Gasteiger partial charge < -0.3 is 4.90 Å². The summed E-state index contributed by atoms with van der Waals surface area (Å²) in [6, 6.07) is 9.15. The van der Waals surface area contributed by atoms with Crippen molar-refractivity contribution in [1.82, 2.24) is 4.90 Å². The molecule has 3 nitrogen and oxygen atoms in total. The molecular weight excluding hydrogens is 248 g/mol. The predicted octanol–water partition coefficient (Wildman–Crippen LogP) is 3.11. The summed E-state index contributed by atoms with van der Waals surface area (Å²) in [7, 11) is 0. The van der Waals surface area contributed by atoms with E-state index >= 15 is 0 Å². The van der Waals surface area contributed by atoms with Gasteiger partial charge in [-0.25, -0.2) is 0 Å². The fourth-order valence-electron chi connectivity index (χ4n) is 1.88. The lowest BCUT2D eigenvalue weighted by atomic mass is 10.2. The van der Waals surface area contributed by atoms with Gasteiger partial charge in [0.15, 0.2) is 0 Å². The van der Waals surface area contributed by atoms with E-state index < -0.39 is 0 Å². The molecule has 1 aliphatic rings. The average Bonchev–Trinajstić information content (AvgIpc) is 3.18. The minimum atomic E-state index is -0.0669. The maximum atomic E-state index is 12.4. The van der Waals surface area contributed by atoms with Gasteiger partial charge in [-0.15, -0.1) is 0 Å². The van der Waals surface area contributed by atoms with E-state index in [1.165, 1.54) is 12.8 Å². The van der Waals surface area contributed by atoms with Crippen molar-refractivity contribution in [1.29, 1.82) is 5.26 Å². The normalized spacial score (nSPS) is 14.0. The van der Waals surface area contributed by atoms with Gasteiger partial charge in [-0.3, -0.25) is 4.79 Å². The second-order valence-corrected chi connectivity index (χ2v) is 4.99. The highest BCUT2D eigenvalue weighted by Crippen LogP contribution is 2.30. The molecule has 0 heterocycles. The summed E-state index contributed by atoms with van der Waals surface area (Å²) in [5.74, 6) is 0.540. The molecule has 0 radical (unpaired) electrons. The van der Waals surface area contributed by atoms with Gasteiger partial charge in [0.1, 0.15) is 0 Å². The SMILES string of the molecule is N#CCCN(CC1CC1)C(=O)c1ccccc1Cl. The van der Waals surface area contributed by atoms with Crippen LogP contribution in [0.25, 0.3) is 0 Å². The van der Waals surface area contributed by atoms with Crippen LogP contribution in [0.2, 0.25) is 5.02 Å². The molecule has 0 spiro atoms. The van der Waals surface area contributed by atoms with Crippen LogP contribution in [-0.4, -0.2) is 23.9 Å². The van der Waals surface area contributed by atoms with Crippen LogP contribution in [0.4, 0.5) is 0 Å². The molecule has 0 atom stereocenters. The summed E-state index contributed by atoms with van der Waals surface area (Å²) in [6.07, 6.45) is 2.72. The summed E-state index contributed by atoms with van der Waals surface area (Å²) in [6.45, 7) is 1.22. The number of amides is 1. The third-order valence-corrected chi connectivity index (χ3v) is 3.39. The highest BCUT2D eigenvalue weighted by Gasteiger charge is 2.27. The number of carbonyl (C=O) groups excluding carboxylic acids is 1. The van der Waals surface area contributed by atoms with E-state index in [9.17, 15) is 4.79 Å². The second kappa shape index (κ2) is 5.88. The van der Waals surface area contributed by atoms with Crippen LogP contribution in [0.5, 0.6) is 0 Å². The van der Waals surface area contributed by atoms with Gasteiger partial charge in [0.2, 0.25) is 0 Å². The Morgan fingerprint density at radius 3 is 2.78 bits per heavy atom. The van der Waals surface area contributed by atoms with E-state index in [0.29, 0.717) is 29.5 Å². The molecule has 4 heteroatoms. The third-order valence-electron chi connectivity index (χ3n) is 3.06. The zero-order valence-corrected chi connectivity index (χ0v) is 10.9. The average molecular weight is 263 g/mol. The quantitative estimate of drug-likeness (QED) is 0.818. The first-order valence-electron chi connectivity index (χ1n) is 6.13. The Morgan fingerprint density at radius 2 is 2.17 bits per heavy atom. The standard InChI is InChI=1S/C14H15ClN2O/c15-13-5-2-1-4-12(13)14(18)17(9-3-8-16)10-11-6-7-11/h1-2,4-5,11H,3,6-7,9-10H2. The number of benzene rings is 1. The Bertz CT molecular complexity index is 477. The molecule has 1 fully saturated rings. The predicted molar refractivity (Wildman–Crippen MR) is 70.3 cm³/mol. The first-order chi connectivity index (χ1) is 8.72. The summed E-state index contributed by atoms with van der Waals surface area (Å²) in [4.78, 5) is 14.1. The van der Waals surface area contributed by atoms with Crippen LogP contribution >= 0.6 is 11.6 Å². The molecular formula is C14H15ClN2O. The van der Waals surface area contributed by atoms with Crippen molar-refractivity contribution in [3.05, 3.63) is 34.9 Å². The van der Waals surface area contributed by atoms with Gasteiger partial charge in [-0.2, -0.15) is 5.26 Å². The van der Waals surface area contributed by atoms with E-state index in [0.717, 1.165) is 6.54 Å². The van der Waals surface area contributed by atoms with Gasteiger partial charge >= 0.3 is 0 Å². The van der Waals surface area contributed by atoms with Crippen molar-refractivity contribution in [3.63, 3.8) is 0 Å². The van der Waals surface area contributed by atoms with Gasteiger partial charge in [0.25, 0.3) is 5.91 Å². The summed E-state index contributed by atoms with van der Waals surface area (Å²) < 4.78 is 0. The van der Waals surface area contributed by atoms with Gasteiger partial charge in [-0.05, 0) is 30.9 Å². The molecule has 1 aliphatic carbocycles. The monoisotopic (exact) mass is 262 g/mol. The molecule has 0 aliphatic heterocycles. The lowest BCUT2D eigenvalue weighted by molar-refractivity contribution is 0.0751. The molecule has 94 valence electrons. The molecule has 0 saturated heterocycles. The van der Waals surface area contributed by atoms with E-state index in [1.54, 1.807) is 29.2 Å². The van der Waals surface area contributed by atoms with Crippen LogP contribution in [0.3, 0.4) is 0 Å². The molecule has 0 bridgehead atoms. The first kappa shape index (κ1) is 12.9. The number of rotatable bonds is 5. The summed E-state index contributed by atoms with van der Waals surface area (Å²) in [5.41, 5.74) is 0.526. The summed E-state index contributed by atoms with van der Waals surface area (Å²) in [5, 5.41) is 9.13. The third kappa shape index (κ3) is 3.24. The fourth-order valence-corrected chi connectivity index (χ4v) is 2.09. The van der Waals surface area contributed by atoms with E-state index in [2.05, 4.69) is 6.07 Å². The Morgan fingerprint density at radius 1 is 1.44 bits per heavy atom. The minimum absolute atomic E-state index is 0.0669. The zero-order valence-electron chi connectivity index (χ0n) is 10.1. The van der Waals surface area contributed by atoms with Crippen molar-refractivity contribution < 1.29 is 4.79 Å². The van der Waals surface area contributed by atoms with Gasteiger partial charge in [0, 0.05) is 13.1 Å². The van der Waals surface area contributed by atoms with Crippen LogP contribution < -0.4 is 0 Å². The number of hydrogen-bond donors (Lipinski definition) is 0. The van der Waals surface area contributed by atoms with E-state index in [1.807, 2.05) is 0 Å². The molecule has 1 amide bonds. The number of carbonyl (C=O) groups is 1. The largest absolute Gasteiger partial charge is 0.337 e. The van der Waals surface area contributed by atoms with Gasteiger partial charge in [-0.1, -0.05) is 23.7 Å². The Labute approximate surface area is 112 Å². The number of nitriles is 1. The Hall–Kier alpha value is -1.53. The maximum Gasteiger partial charge on any atom is 0.255 e. The highest BCUT2D eigenvalue weighted by molar-refractivity contribution is 6.33. The number of hydrogen-bond acceptors (Lipinski definition) is 2. The van der Waals surface area contributed by atoms with Crippen LogP contribution in [0.1, 0.15) is 29.6 Å². The minimum Gasteiger partial charge on any atom is -0.337 e. The van der Waals surface area contributed by atoms with Crippen molar-refractivity contribution in [2.75, 3.05) is 13.1 Å². The first-order valence-corrected chi connectivity index (χ1v) is 6.51. The molecule has 18 heavy (non-hydrogen) atoms. The van der Waals surface area contributed by atoms with E-state index in [-0.39, 0.29) is 5.91 Å².